The first-order valence-corrected chi connectivity index (χ1v) is 5.59. The van der Waals surface area contributed by atoms with E-state index in [2.05, 4.69) is 5.32 Å². The van der Waals surface area contributed by atoms with Crippen molar-refractivity contribution in [3.05, 3.63) is 24.2 Å². The Hall–Kier alpha value is -1.58. The van der Waals surface area contributed by atoms with Gasteiger partial charge in [-0.1, -0.05) is 6.42 Å². The van der Waals surface area contributed by atoms with Gasteiger partial charge in [0.2, 0.25) is 11.7 Å². The number of carbonyl (C=O) groups is 2. The number of rotatable bonds is 5. The van der Waals surface area contributed by atoms with E-state index in [9.17, 15) is 9.59 Å². The topological polar surface area (TPSA) is 59.3 Å². The van der Waals surface area contributed by atoms with Gasteiger partial charge in [0.15, 0.2) is 5.76 Å². The van der Waals surface area contributed by atoms with Crippen LogP contribution in [0.3, 0.4) is 0 Å². The summed E-state index contributed by atoms with van der Waals surface area (Å²) in [7, 11) is 0. The van der Waals surface area contributed by atoms with Crippen molar-refractivity contribution in [3.63, 3.8) is 0 Å². The van der Waals surface area contributed by atoms with Gasteiger partial charge in [-0.3, -0.25) is 9.59 Å². The Balaban J connectivity index is 1.70. The Kier molecular flexibility index (Phi) is 3.39. The van der Waals surface area contributed by atoms with Crippen LogP contribution in [0.15, 0.2) is 22.8 Å². The van der Waals surface area contributed by atoms with Crippen molar-refractivity contribution < 1.29 is 14.0 Å². The second-order valence-electron chi connectivity index (χ2n) is 4.18. The van der Waals surface area contributed by atoms with Gasteiger partial charge in [0.1, 0.15) is 0 Å². The van der Waals surface area contributed by atoms with Crippen molar-refractivity contribution in [1.82, 2.24) is 5.32 Å². The molecule has 1 saturated carbocycles. The monoisotopic (exact) mass is 221 g/mol. The fourth-order valence-electron chi connectivity index (χ4n) is 1.73. The number of amides is 1. The van der Waals surface area contributed by atoms with E-state index in [1.165, 1.54) is 12.7 Å². The molecule has 1 heterocycles. The lowest BCUT2D eigenvalue weighted by Crippen LogP contribution is -2.31. The summed E-state index contributed by atoms with van der Waals surface area (Å²) in [5.41, 5.74) is 0. The molecule has 1 aliphatic rings. The second-order valence-corrected chi connectivity index (χ2v) is 4.18. The maximum atomic E-state index is 11.5. The van der Waals surface area contributed by atoms with Crippen molar-refractivity contribution in [1.29, 1.82) is 0 Å². The van der Waals surface area contributed by atoms with Gasteiger partial charge in [-0.25, -0.2) is 0 Å². The summed E-state index contributed by atoms with van der Waals surface area (Å²) in [5.74, 6) is 0.597. The first-order valence-electron chi connectivity index (χ1n) is 5.59. The molecule has 0 radical (unpaired) electrons. The zero-order valence-corrected chi connectivity index (χ0v) is 9.07. The van der Waals surface area contributed by atoms with E-state index >= 15 is 0 Å². The lowest BCUT2D eigenvalue weighted by molar-refractivity contribution is -0.122. The Morgan fingerprint density at radius 2 is 2.25 bits per heavy atom. The van der Waals surface area contributed by atoms with Crippen molar-refractivity contribution >= 4 is 11.7 Å². The molecule has 1 aromatic rings. The van der Waals surface area contributed by atoms with Crippen LogP contribution in [0.5, 0.6) is 0 Å². The van der Waals surface area contributed by atoms with Gasteiger partial charge >= 0.3 is 0 Å². The minimum atomic E-state index is -0.188. The van der Waals surface area contributed by atoms with Gasteiger partial charge in [-0.2, -0.15) is 0 Å². The minimum Gasteiger partial charge on any atom is -0.461 e. The highest BCUT2D eigenvalue weighted by Gasteiger charge is 2.21. The minimum absolute atomic E-state index is 0.0269. The van der Waals surface area contributed by atoms with Crippen LogP contribution >= 0.6 is 0 Å². The van der Waals surface area contributed by atoms with Crippen LogP contribution in [0.2, 0.25) is 0 Å². The molecule has 2 rings (SSSR count). The van der Waals surface area contributed by atoms with Crippen molar-refractivity contribution in [2.75, 3.05) is 6.54 Å². The molecule has 16 heavy (non-hydrogen) atoms. The Morgan fingerprint density at radius 3 is 2.81 bits per heavy atom. The molecule has 0 aliphatic heterocycles. The van der Waals surface area contributed by atoms with Crippen LogP contribution < -0.4 is 5.32 Å². The lowest BCUT2D eigenvalue weighted by atomic mass is 9.83. The van der Waals surface area contributed by atoms with Crippen LogP contribution in [0.25, 0.3) is 0 Å². The summed E-state index contributed by atoms with van der Waals surface area (Å²) in [6.45, 7) is 0.0269. The number of ketones is 1. The summed E-state index contributed by atoms with van der Waals surface area (Å²) >= 11 is 0. The van der Waals surface area contributed by atoms with Gasteiger partial charge in [-0.15, -0.1) is 0 Å². The summed E-state index contributed by atoms with van der Waals surface area (Å²) in [5, 5.41) is 2.62. The molecule has 0 aromatic carbocycles. The molecule has 86 valence electrons. The first kappa shape index (κ1) is 10.9. The van der Waals surface area contributed by atoms with Gasteiger partial charge in [0.05, 0.1) is 12.8 Å². The molecule has 1 amide bonds. The first-order chi connectivity index (χ1) is 7.75. The highest BCUT2D eigenvalue weighted by molar-refractivity contribution is 5.97. The van der Waals surface area contributed by atoms with Crippen molar-refractivity contribution in [2.24, 2.45) is 5.92 Å². The number of hydrogen-bond acceptors (Lipinski definition) is 3. The number of hydrogen-bond donors (Lipinski definition) is 1. The standard InChI is InChI=1S/C12H15NO3/c14-10(11-5-2-6-16-11)8-13-12(15)7-9-3-1-4-9/h2,5-6,9H,1,3-4,7-8H2,(H,13,15). The molecule has 0 atom stereocenters. The molecule has 1 fully saturated rings. The molecule has 4 heteroatoms. The summed E-state index contributed by atoms with van der Waals surface area (Å²) < 4.78 is 4.94. The van der Waals surface area contributed by atoms with Gasteiger partial charge < -0.3 is 9.73 Å². The van der Waals surface area contributed by atoms with Crippen LogP contribution in [0.1, 0.15) is 36.2 Å². The average molecular weight is 221 g/mol. The largest absolute Gasteiger partial charge is 0.461 e. The normalized spacial score (nSPS) is 15.5. The van der Waals surface area contributed by atoms with Crippen LogP contribution in [-0.4, -0.2) is 18.2 Å². The van der Waals surface area contributed by atoms with Gasteiger partial charge in [-0.05, 0) is 30.9 Å². The molecule has 0 bridgehead atoms. The predicted octanol–water partition coefficient (Wildman–Crippen LogP) is 1.77. The molecular weight excluding hydrogens is 206 g/mol. The third-order valence-corrected chi connectivity index (χ3v) is 2.94. The van der Waals surface area contributed by atoms with E-state index in [0.29, 0.717) is 18.1 Å². The number of carbonyl (C=O) groups excluding carboxylic acids is 2. The Labute approximate surface area is 94.0 Å². The van der Waals surface area contributed by atoms with Gasteiger partial charge in [0.25, 0.3) is 0 Å². The average Bonchev–Trinajstić information content (AvgIpc) is 2.73. The van der Waals surface area contributed by atoms with E-state index in [1.54, 1.807) is 12.1 Å². The van der Waals surface area contributed by atoms with E-state index in [-0.39, 0.29) is 18.2 Å². The van der Waals surface area contributed by atoms with E-state index in [4.69, 9.17) is 4.42 Å². The van der Waals surface area contributed by atoms with E-state index in [0.717, 1.165) is 12.8 Å². The predicted molar refractivity (Wildman–Crippen MR) is 58.0 cm³/mol. The molecular formula is C12H15NO3. The smallest absolute Gasteiger partial charge is 0.220 e. The maximum Gasteiger partial charge on any atom is 0.220 e. The maximum absolute atomic E-state index is 11.5. The van der Waals surface area contributed by atoms with Crippen molar-refractivity contribution in [3.8, 4) is 0 Å². The number of nitrogens with one attached hydrogen (secondary N) is 1. The molecule has 0 spiro atoms. The van der Waals surface area contributed by atoms with Crippen molar-refractivity contribution in [2.45, 2.75) is 25.7 Å². The molecule has 1 aliphatic carbocycles. The fourth-order valence-corrected chi connectivity index (χ4v) is 1.73. The molecule has 1 aromatic heterocycles. The molecule has 1 N–H and O–H groups in total. The summed E-state index contributed by atoms with van der Waals surface area (Å²) in [6, 6.07) is 3.25. The zero-order valence-electron chi connectivity index (χ0n) is 9.07. The third-order valence-electron chi connectivity index (χ3n) is 2.94. The molecule has 4 nitrogen and oxygen atoms in total. The zero-order chi connectivity index (χ0) is 11.4. The second kappa shape index (κ2) is 4.96. The molecule has 0 saturated heterocycles. The highest BCUT2D eigenvalue weighted by atomic mass is 16.3. The number of Topliss-reactive ketones (excluding diaryl/α,β-unsaturated/α-hetero) is 1. The highest BCUT2D eigenvalue weighted by Crippen LogP contribution is 2.28. The summed E-state index contributed by atoms with van der Waals surface area (Å²) in [6.07, 6.45) is 5.50. The van der Waals surface area contributed by atoms with Gasteiger partial charge in [0, 0.05) is 6.42 Å². The Morgan fingerprint density at radius 1 is 1.44 bits per heavy atom. The van der Waals surface area contributed by atoms with Crippen LogP contribution in [0, 0.1) is 5.92 Å². The summed E-state index contributed by atoms with van der Waals surface area (Å²) in [4.78, 5) is 22.9. The van der Waals surface area contributed by atoms with Crippen LogP contribution in [-0.2, 0) is 4.79 Å². The quantitative estimate of drug-likeness (QED) is 0.771. The molecule has 0 unspecified atom stereocenters. The third kappa shape index (κ3) is 2.72. The SMILES string of the molecule is O=C(CC1CCC1)NCC(=O)c1ccco1. The lowest BCUT2D eigenvalue weighted by Gasteiger charge is -2.24. The fraction of sp³-hybridized carbons (Fsp3) is 0.500. The number of furan rings is 1. The Bertz CT molecular complexity index is 366. The van der Waals surface area contributed by atoms with Crippen LogP contribution in [0.4, 0.5) is 0 Å². The van der Waals surface area contributed by atoms with E-state index < -0.39 is 0 Å². The van der Waals surface area contributed by atoms with E-state index in [1.807, 2.05) is 0 Å².